The predicted octanol–water partition coefficient (Wildman–Crippen LogP) is 3.70. The minimum absolute atomic E-state index is 0.00350. The maximum atomic E-state index is 12.5. The molecule has 0 bridgehead atoms. The third kappa shape index (κ3) is 8.66. The van der Waals surface area contributed by atoms with Crippen molar-refractivity contribution in [2.24, 2.45) is 22.7 Å². The van der Waals surface area contributed by atoms with Crippen molar-refractivity contribution < 1.29 is 34.8 Å². The van der Waals surface area contributed by atoms with Crippen LogP contribution in [0, 0.1) is 22.7 Å². The highest BCUT2D eigenvalue weighted by Crippen LogP contribution is 2.48. The lowest BCUT2D eigenvalue weighted by Gasteiger charge is -2.45. The molecule has 0 spiro atoms. The molecule has 35 heavy (non-hydrogen) atoms. The highest BCUT2D eigenvalue weighted by atomic mass is 16.5. The van der Waals surface area contributed by atoms with E-state index in [1.54, 1.807) is 6.92 Å². The van der Waals surface area contributed by atoms with Gasteiger partial charge in [-0.2, -0.15) is 0 Å². The van der Waals surface area contributed by atoms with Gasteiger partial charge in [0.15, 0.2) is 0 Å². The van der Waals surface area contributed by atoms with E-state index in [9.17, 15) is 30.0 Å². The highest BCUT2D eigenvalue weighted by molar-refractivity contribution is 5.84. The van der Waals surface area contributed by atoms with Crippen molar-refractivity contribution in [3.63, 3.8) is 0 Å². The fraction of sp³-hybridized carbons (Fsp3) is 0.857. The molecule has 2 aliphatic carbocycles. The molecule has 7 nitrogen and oxygen atoms in total. The number of aliphatic hydroxyl groups is 4. The first-order valence-corrected chi connectivity index (χ1v) is 13.6. The van der Waals surface area contributed by atoms with Gasteiger partial charge in [-0.05, 0) is 43.9 Å². The summed E-state index contributed by atoms with van der Waals surface area (Å²) in [6, 6.07) is 0. The first-order valence-electron chi connectivity index (χ1n) is 13.6. The minimum Gasteiger partial charge on any atom is -0.465 e. The van der Waals surface area contributed by atoms with E-state index >= 15 is 0 Å². The van der Waals surface area contributed by atoms with Gasteiger partial charge in [0.1, 0.15) is 12.4 Å². The lowest BCUT2D eigenvalue weighted by molar-refractivity contribution is -0.149. The van der Waals surface area contributed by atoms with Gasteiger partial charge in [0.2, 0.25) is 0 Å². The van der Waals surface area contributed by atoms with Crippen LogP contribution in [0.5, 0.6) is 0 Å². The summed E-state index contributed by atoms with van der Waals surface area (Å²) in [5.41, 5.74) is -0.752. The van der Waals surface area contributed by atoms with Crippen molar-refractivity contribution in [3.8, 4) is 0 Å². The molecule has 0 aromatic carbocycles. The second-order valence-corrected chi connectivity index (χ2v) is 11.3. The molecule has 0 aromatic heterocycles. The van der Waals surface area contributed by atoms with Gasteiger partial charge in [-0.25, -0.2) is 0 Å². The van der Waals surface area contributed by atoms with E-state index in [1.165, 1.54) is 6.42 Å². The van der Waals surface area contributed by atoms with Crippen LogP contribution in [0.3, 0.4) is 0 Å². The number of hydrogen-bond acceptors (Lipinski definition) is 7. The molecule has 0 saturated heterocycles. The largest absolute Gasteiger partial charge is 0.465 e. The van der Waals surface area contributed by atoms with Gasteiger partial charge in [0.05, 0.1) is 25.4 Å². The molecule has 4 atom stereocenters. The number of rotatable bonds is 17. The van der Waals surface area contributed by atoms with E-state index in [0.717, 1.165) is 51.4 Å². The molecule has 0 heterocycles. The third-order valence-corrected chi connectivity index (χ3v) is 8.25. The minimum atomic E-state index is -0.814. The highest BCUT2D eigenvalue weighted by Gasteiger charge is 2.42. The summed E-state index contributed by atoms with van der Waals surface area (Å²) < 4.78 is 5.16. The molecule has 0 aliphatic heterocycles. The van der Waals surface area contributed by atoms with Crippen LogP contribution in [0.1, 0.15) is 97.3 Å². The van der Waals surface area contributed by atoms with Crippen molar-refractivity contribution in [1.82, 2.24) is 0 Å². The van der Waals surface area contributed by atoms with E-state index in [-0.39, 0.29) is 61.3 Å². The normalized spacial score (nSPS) is 25.1. The standard InChI is InChI=1S/C28H48O7/c1-3-14-28(15-9-16-28)25(33)12-8-11-22-21(23(31)17-24(22)32)10-6-4-5-7-13-26(34)35-20-27(2,18-29)19-30/h8,11,21-22,24-25,29-30,32-33H,3-7,9-10,12-20H2,1-2H3/b11-8+/t21-,22?,24-,25?/m1/s1. The molecule has 2 rings (SSSR count). The van der Waals surface area contributed by atoms with E-state index in [2.05, 4.69) is 6.92 Å². The van der Waals surface area contributed by atoms with Gasteiger partial charge < -0.3 is 25.2 Å². The number of aliphatic hydroxyl groups excluding tert-OH is 4. The fourth-order valence-electron chi connectivity index (χ4n) is 5.54. The van der Waals surface area contributed by atoms with Gasteiger partial charge in [-0.1, -0.05) is 58.1 Å². The summed E-state index contributed by atoms with van der Waals surface area (Å²) in [4.78, 5) is 24.3. The van der Waals surface area contributed by atoms with E-state index in [0.29, 0.717) is 19.3 Å². The number of ether oxygens (including phenoxy) is 1. The molecule has 2 saturated carbocycles. The zero-order valence-corrected chi connectivity index (χ0v) is 21.8. The van der Waals surface area contributed by atoms with Gasteiger partial charge in [-0.3, -0.25) is 9.59 Å². The lowest BCUT2D eigenvalue weighted by atomic mass is 9.62. The first kappa shape index (κ1) is 29.9. The Hall–Kier alpha value is -1.28. The average Bonchev–Trinajstić information content (AvgIpc) is 3.08. The summed E-state index contributed by atoms with van der Waals surface area (Å²) in [6.07, 6.45) is 13.5. The van der Waals surface area contributed by atoms with E-state index in [4.69, 9.17) is 4.74 Å². The van der Waals surface area contributed by atoms with Crippen molar-refractivity contribution >= 4 is 11.8 Å². The van der Waals surface area contributed by atoms with Gasteiger partial charge >= 0.3 is 5.97 Å². The van der Waals surface area contributed by atoms with Gasteiger partial charge in [0, 0.05) is 30.1 Å². The van der Waals surface area contributed by atoms with Crippen molar-refractivity contribution in [2.75, 3.05) is 19.8 Å². The van der Waals surface area contributed by atoms with E-state index < -0.39 is 11.5 Å². The number of carbonyl (C=O) groups excluding carboxylic acids is 2. The molecule has 4 N–H and O–H groups in total. The van der Waals surface area contributed by atoms with Crippen LogP contribution in [0.15, 0.2) is 12.2 Å². The molecule has 2 unspecified atom stereocenters. The summed E-state index contributed by atoms with van der Waals surface area (Å²) in [6.45, 7) is 3.31. The van der Waals surface area contributed by atoms with Crippen LogP contribution in [0.2, 0.25) is 0 Å². The molecule has 2 aliphatic rings. The third-order valence-electron chi connectivity index (χ3n) is 8.25. The average molecular weight is 497 g/mol. The Kier molecular flexibility index (Phi) is 12.4. The summed E-state index contributed by atoms with van der Waals surface area (Å²) in [5.74, 6) is -0.567. The second-order valence-electron chi connectivity index (χ2n) is 11.3. The van der Waals surface area contributed by atoms with Crippen LogP contribution >= 0.6 is 0 Å². The van der Waals surface area contributed by atoms with Crippen LogP contribution in [-0.4, -0.2) is 64.2 Å². The maximum absolute atomic E-state index is 12.5. The molecule has 0 aromatic rings. The number of unbranched alkanes of at least 4 members (excludes halogenated alkanes) is 3. The number of Topliss-reactive ketones (excluding diaryl/α,β-unsaturated/α-hetero) is 1. The fourth-order valence-corrected chi connectivity index (χ4v) is 5.54. The van der Waals surface area contributed by atoms with Crippen molar-refractivity contribution in [3.05, 3.63) is 12.2 Å². The van der Waals surface area contributed by atoms with Crippen molar-refractivity contribution in [2.45, 2.75) is 110 Å². The smallest absolute Gasteiger partial charge is 0.305 e. The Morgan fingerprint density at radius 2 is 1.89 bits per heavy atom. The topological polar surface area (TPSA) is 124 Å². The van der Waals surface area contributed by atoms with Gasteiger partial charge in [-0.15, -0.1) is 0 Å². The lowest BCUT2D eigenvalue weighted by Crippen LogP contribution is -2.41. The second kappa shape index (κ2) is 14.5. The molecule has 7 heteroatoms. The SMILES string of the molecule is CCCC1(C(O)C/C=C/C2[C@H](O)CC(=O)[C@@H]2CCCCCCC(=O)OCC(C)(CO)CO)CCC1. The quantitative estimate of drug-likeness (QED) is 0.137. The number of esters is 1. The number of hydrogen-bond donors (Lipinski definition) is 4. The molecule has 0 radical (unpaired) electrons. The van der Waals surface area contributed by atoms with Crippen LogP contribution in [0.25, 0.3) is 0 Å². The Morgan fingerprint density at radius 1 is 1.20 bits per heavy atom. The van der Waals surface area contributed by atoms with Crippen LogP contribution in [0.4, 0.5) is 0 Å². The van der Waals surface area contributed by atoms with Crippen LogP contribution in [-0.2, 0) is 14.3 Å². The zero-order valence-electron chi connectivity index (χ0n) is 21.8. The molecule has 0 amide bonds. The Labute approximate surface area is 211 Å². The molecule has 2 fully saturated rings. The van der Waals surface area contributed by atoms with Gasteiger partial charge in [0.25, 0.3) is 0 Å². The zero-order chi connectivity index (χ0) is 25.9. The molecule has 202 valence electrons. The summed E-state index contributed by atoms with van der Waals surface area (Å²) in [5, 5.41) is 39.6. The predicted molar refractivity (Wildman–Crippen MR) is 135 cm³/mol. The maximum Gasteiger partial charge on any atom is 0.305 e. The molecular weight excluding hydrogens is 448 g/mol. The van der Waals surface area contributed by atoms with Crippen LogP contribution < -0.4 is 0 Å². The Balaban J connectivity index is 1.69. The van der Waals surface area contributed by atoms with E-state index in [1.807, 2.05) is 12.2 Å². The number of ketones is 1. The number of carbonyl (C=O) groups is 2. The summed E-state index contributed by atoms with van der Waals surface area (Å²) >= 11 is 0. The monoisotopic (exact) mass is 496 g/mol. The Morgan fingerprint density at radius 3 is 2.49 bits per heavy atom. The molecular formula is C28H48O7. The van der Waals surface area contributed by atoms with Crippen molar-refractivity contribution in [1.29, 1.82) is 0 Å². The summed E-state index contributed by atoms with van der Waals surface area (Å²) in [7, 11) is 0. The first-order chi connectivity index (χ1) is 16.7. The Bertz CT molecular complexity index is 681.